The third kappa shape index (κ3) is 11.5. The minimum Gasteiger partial charge on any atom is -0.388 e. The Labute approximate surface area is 376 Å². The Hall–Kier alpha value is -5.14. The van der Waals surface area contributed by atoms with Crippen molar-refractivity contribution in [1.82, 2.24) is 44.7 Å². The highest BCUT2D eigenvalue weighted by Crippen LogP contribution is 2.33. The van der Waals surface area contributed by atoms with Gasteiger partial charge in [0.15, 0.2) is 11.5 Å². The average molecular weight is 915 g/mol. The molecule has 6 rings (SSSR count). The van der Waals surface area contributed by atoms with Crippen molar-refractivity contribution in [3.05, 3.63) is 73.9 Å². The van der Waals surface area contributed by atoms with Gasteiger partial charge < -0.3 is 31.1 Å². The predicted molar refractivity (Wildman–Crippen MR) is 240 cm³/mol. The van der Waals surface area contributed by atoms with Crippen LogP contribution in [-0.4, -0.2) is 122 Å². The number of hydrogen-bond acceptors (Lipinski definition) is 10. The van der Waals surface area contributed by atoms with E-state index in [2.05, 4.69) is 26.2 Å². The van der Waals surface area contributed by atoms with Crippen LogP contribution >= 0.6 is 23.2 Å². The van der Waals surface area contributed by atoms with E-state index in [9.17, 15) is 39.0 Å². The normalized spacial score (nSPS) is 19.4. The number of nitrogens with one attached hydrogen (secondary N) is 3. The second-order valence-electron chi connectivity index (χ2n) is 16.9. The second kappa shape index (κ2) is 20.6. The number of likely N-dealkylation sites (N-methyl/N-ethyl adjacent to an activating group) is 1. The molecule has 342 valence electrons. The van der Waals surface area contributed by atoms with E-state index in [0.717, 1.165) is 60.9 Å². The maximum atomic E-state index is 13.0. The Morgan fingerprint density at radius 1 is 0.794 bits per heavy atom. The van der Waals surface area contributed by atoms with Crippen molar-refractivity contribution in [2.75, 3.05) is 41.3 Å². The molecule has 63 heavy (non-hydrogen) atoms. The molecule has 18 nitrogen and oxygen atoms in total. The molecule has 1 unspecified atom stereocenters. The fourth-order valence-corrected chi connectivity index (χ4v) is 8.34. The van der Waals surface area contributed by atoms with Crippen LogP contribution < -0.4 is 26.2 Å². The van der Waals surface area contributed by atoms with E-state index < -0.39 is 45.4 Å². The van der Waals surface area contributed by atoms with Gasteiger partial charge in [-0.15, -0.1) is 0 Å². The maximum Gasteiger partial charge on any atom is 0.464 e. The first-order valence-corrected chi connectivity index (χ1v) is 22.0. The smallest absolute Gasteiger partial charge is 0.388 e. The summed E-state index contributed by atoms with van der Waals surface area (Å²) in [4.78, 5) is 78.0. The van der Waals surface area contributed by atoms with Gasteiger partial charge in [-0.1, -0.05) is 84.3 Å². The molecule has 0 radical (unpaired) electrons. The summed E-state index contributed by atoms with van der Waals surface area (Å²) in [5.41, 5.74) is -1.22. The number of hydrogen-bond donors (Lipinski definition) is 5. The summed E-state index contributed by atoms with van der Waals surface area (Å²) in [5.74, 6) is -0.486. The Morgan fingerprint density at radius 2 is 1.29 bits per heavy atom. The third-order valence-electron chi connectivity index (χ3n) is 11.8. The molecule has 20 heteroatoms. The molecule has 0 spiro atoms. The first kappa shape index (κ1) is 48.9. The number of aryl methyl sites for hydroxylation is 1. The molecular weight excluding hydrogens is 855 g/mol. The fourth-order valence-electron chi connectivity index (χ4n) is 7.93. The molecule has 0 saturated heterocycles. The van der Waals surface area contributed by atoms with Crippen molar-refractivity contribution in [1.29, 1.82) is 0 Å². The molecule has 2 fully saturated rings. The number of aliphatic hydroxyl groups is 2. The van der Waals surface area contributed by atoms with Crippen LogP contribution in [0, 0.1) is 6.92 Å². The maximum absolute atomic E-state index is 13.0. The van der Waals surface area contributed by atoms with Crippen LogP contribution in [0.4, 0.5) is 15.3 Å². The molecule has 1 atom stereocenters. The topological polar surface area (TPSA) is 221 Å². The zero-order valence-electron chi connectivity index (χ0n) is 36.8. The largest absolute Gasteiger partial charge is 0.464 e. The van der Waals surface area contributed by atoms with E-state index in [1.54, 1.807) is 40.1 Å². The molecule has 0 bridgehead atoms. The molecule has 2 heterocycles. The number of aromatic nitrogens is 3. The Morgan fingerprint density at radius 3 is 1.78 bits per heavy atom. The van der Waals surface area contributed by atoms with Crippen molar-refractivity contribution in [3.8, 4) is 5.69 Å². The fraction of sp³-hybridized carbons (Fsp3) is 0.535. The molecule has 2 aliphatic carbocycles. The molecule has 1 aliphatic heterocycles. The van der Waals surface area contributed by atoms with Crippen LogP contribution in [-0.2, 0) is 11.3 Å². The van der Waals surface area contributed by atoms with Crippen LogP contribution in [0.25, 0.3) is 5.69 Å². The highest BCUT2D eigenvalue weighted by molar-refractivity contribution is 6.34. The summed E-state index contributed by atoms with van der Waals surface area (Å²) in [5, 5.41) is 38.6. The number of nitrogens with zero attached hydrogens (tertiary/aromatic N) is 7. The minimum atomic E-state index is -0.922. The lowest BCUT2D eigenvalue weighted by atomic mass is 9.94. The molecule has 1 aromatic heterocycles. The first-order chi connectivity index (χ1) is 29.7. The number of amides is 7. The van der Waals surface area contributed by atoms with E-state index in [-0.39, 0.29) is 52.5 Å². The van der Waals surface area contributed by atoms with Gasteiger partial charge in [-0.3, -0.25) is 19.0 Å². The van der Waals surface area contributed by atoms with Crippen molar-refractivity contribution in [2.24, 2.45) is 5.10 Å². The molecule has 2 aromatic carbocycles. The summed E-state index contributed by atoms with van der Waals surface area (Å²) in [6.45, 7) is 3.36. The van der Waals surface area contributed by atoms with E-state index in [1.807, 2.05) is 0 Å². The molecule has 5 N–H and O–H groups in total. The van der Waals surface area contributed by atoms with E-state index in [4.69, 9.17) is 23.2 Å². The standard InChI is InChI=1S/C22H30ClN5O4.C21H28ClN5O4/c1-15-25-28(21(31)27(15)13-19(29)26(2)3)16-8-9-18(23)17(12-16)20(30)24-14-22(32)10-6-4-5-7-11-22;1-14-25-27(3,20(30)26(14)19(29)23-2)15-8-9-17(22)16(12-15)18(28)24-13-21(31)10-6-4-5-7-11-21/h8-9,12,32H,4-7,10-11,13-14H2,1-3H3,(H,24,30);8-9,12,31H,4-7,10-11,13H2,1-3H3,(H-,23,24,28,29)/p+1. The van der Waals surface area contributed by atoms with Gasteiger partial charge in [0.2, 0.25) is 5.91 Å². The van der Waals surface area contributed by atoms with Crippen molar-refractivity contribution < 1.29 is 34.2 Å². The number of quaternary nitrogens is 1. The number of urea groups is 2. The average Bonchev–Trinajstić information content (AvgIpc) is 3.43. The third-order valence-corrected chi connectivity index (χ3v) is 12.5. The van der Waals surface area contributed by atoms with Gasteiger partial charge >= 0.3 is 17.8 Å². The van der Waals surface area contributed by atoms with Crippen LogP contribution in [0.5, 0.6) is 0 Å². The van der Waals surface area contributed by atoms with E-state index in [1.165, 1.54) is 47.8 Å². The van der Waals surface area contributed by atoms with Crippen molar-refractivity contribution in [2.45, 2.75) is 109 Å². The summed E-state index contributed by atoms with van der Waals surface area (Å²) in [6, 6.07) is 8.06. The molecule has 3 aliphatic rings. The molecule has 3 aromatic rings. The molecule has 2 saturated carbocycles. The predicted octanol–water partition coefficient (Wildman–Crippen LogP) is 5.10. The number of halogens is 2. The number of carbonyl (C=O) groups is 5. The van der Waals surface area contributed by atoms with Gasteiger partial charge in [0, 0.05) is 53.3 Å². The van der Waals surface area contributed by atoms with Gasteiger partial charge in [0.05, 0.1) is 38.1 Å². The van der Waals surface area contributed by atoms with Gasteiger partial charge in [-0.2, -0.15) is 14.7 Å². The summed E-state index contributed by atoms with van der Waals surface area (Å²) < 4.78 is 1.86. The number of benzene rings is 2. The van der Waals surface area contributed by atoms with Crippen LogP contribution in [0.2, 0.25) is 10.0 Å². The number of imide groups is 1. The van der Waals surface area contributed by atoms with Gasteiger partial charge in [-0.05, 0) is 56.9 Å². The lowest BCUT2D eigenvalue weighted by molar-refractivity contribution is -0.129. The van der Waals surface area contributed by atoms with Gasteiger partial charge in [0.1, 0.15) is 19.4 Å². The zero-order chi connectivity index (χ0) is 46.3. The quantitative estimate of drug-likeness (QED) is 0.135. The SMILES string of the molecule is CNC(=O)N1C(=O)[N+](C)(c2ccc(Cl)c(C(=O)NCC3(O)CCCCCC3)c2)N=C1C.Cc1nn(-c2ccc(Cl)c(C(=O)NCC3(O)CCCCCC3)c2)c(=O)n1CC(=O)N(C)C. The Bertz CT molecular complexity index is 2290. The first-order valence-electron chi connectivity index (χ1n) is 21.2. The monoisotopic (exact) mass is 913 g/mol. The van der Waals surface area contributed by atoms with Gasteiger partial charge in [-0.25, -0.2) is 14.4 Å². The highest BCUT2D eigenvalue weighted by atomic mass is 35.5. The number of rotatable bonds is 10. The summed E-state index contributed by atoms with van der Waals surface area (Å²) >= 11 is 12.5. The lowest BCUT2D eigenvalue weighted by Crippen LogP contribution is -2.51. The van der Waals surface area contributed by atoms with Gasteiger partial charge in [0.25, 0.3) is 11.8 Å². The lowest BCUT2D eigenvalue weighted by Gasteiger charge is -2.27. The Balaban J connectivity index is 0.000000238. The summed E-state index contributed by atoms with van der Waals surface area (Å²) in [6.07, 6.45) is 10.7. The number of carbonyl (C=O) groups excluding carboxylic acids is 5. The number of amidine groups is 1. The van der Waals surface area contributed by atoms with Crippen LogP contribution in [0.3, 0.4) is 0 Å². The molecule has 7 amide bonds. The van der Waals surface area contributed by atoms with Crippen molar-refractivity contribution >= 4 is 64.5 Å². The minimum absolute atomic E-state index is 0.128. The zero-order valence-corrected chi connectivity index (χ0v) is 38.3. The summed E-state index contributed by atoms with van der Waals surface area (Å²) in [7, 11) is 6.19. The Kier molecular flexibility index (Phi) is 16.0. The highest BCUT2D eigenvalue weighted by Gasteiger charge is 2.50. The van der Waals surface area contributed by atoms with E-state index >= 15 is 0 Å². The second-order valence-corrected chi connectivity index (χ2v) is 17.7. The van der Waals surface area contributed by atoms with Crippen molar-refractivity contribution in [3.63, 3.8) is 0 Å². The van der Waals surface area contributed by atoms with Crippen LogP contribution in [0.1, 0.15) is 111 Å². The van der Waals surface area contributed by atoms with Crippen LogP contribution in [0.15, 0.2) is 46.3 Å². The van der Waals surface area contributed by atoms with E-state index in [0.29, 0.717) is 42.9 Å². The molecular formula is C43H59Cl2N10O8+.